The average molecular weight is 242 g/mol. The first-order valence-corrected chi connectivity index (χ1v) is 7.46. The molecule has 0 aromatic heterocycles. The molecule has 104 valence electrons. The molecule has 2 heteroatoms. The molecule has 1 atom stereocenters. The second kappa shape index (κ2) is 11.0. The van der Waals surface area contributed by atoms with E-state index < -0.39 is 0 Å². The van der Waals surface area contributed by atoms with Crippen LogP contribution in [0.5, 0.6) is 0 Å². The molecule has 0 aromatic rings. The molecule has 1 N–H and O–H groups in total. The van der Waals surface area contributed by atoms with Crippen molar-refractivity contribution in [2.75, 3.05) is 27.2 Å². The number of likely N-dealkylation sites (N-methyl/N-ethyl adjacent to an activating group) is 1. The van der Waals surface area contributed by atoms with Crippen LogP contribution in [0.25, 0.3) is 0 Å². The fourth-order valence-corrected chi connectivity index (χ4v) is 2.29. The fourth-order valence-electron chi connectivity index (χ4n) is 2.29. The van der Waals surface area contributed by atoms with Gasteiger partial charge in [0, 0.05) is 12.6 Å². The van der Waals surface area contributed by atoms with E-state index in [1.165, 1.54) is 45.1 Å². The maximum absolute atomic E-state index is 3.60. The van der Waals surface area contributed by atoms with Gasteiger partial charge in [0.25, 0.3) is 0 Å². The quantitative estimate of drug-likeness (QED) is 0.558. The van der Waals surface area contributed by atoms with Crippen molar-refractivity contribution in [1.82, 2.24) is 10.2 Å². The highest BCUT2D eigenvalue weighted by atomic mass is 15.1. The summed E-state index contributed by atoms with van der Waals surface area (Å²) in [6.07, 6.45) is 8.31. The normalized spacial score (nSPS) is 13.6. The zero-order valence-corrected chi connectivity index (χ0v) is 12.8. The summed E-state index contributed by atoms with van der Waals surface area (Å²) in [4.78, 5) is 2.33. The van der Waals surface area contributed by atoms with Gasteiger partial charge in [-0.05, 0) is 33.0 Å². The maximum atomic E-state index is 3.60. The van der Waals surface area contributed by atoms with E-state index in [0.717, 1.165) is 12.5 Å². The third kappa shape index (κ3) is 9.61. The predicted molar refractivity (Wildman–Crippen MR) is 78.6 cm³/mol. The lowest BCUT2D eigenvalue weighted by atomic mass is 10.0. The first-order chi connectivity index (χ1) is 8.09. The van der Waals surface area contributed by atoms with Crippen LogP contribution in [0.2, 0.25) is 0 Å². The number of nitrogens with one attached hydrogen (secondary N) is 1. The van der Waals surface area contributed by atoms with Crippen LogP contribution < -0.4 is 5.32 Å². The van der Waals surface area contributed by atoms with Gasteiger partial charge in [-0.15, -0.1) is 0 Å². The number of hydrogen-bond acceptors (Lipinski definition) is 2. The summed E-state index contributed by atoms with van der Waals surface area (Å²) in [5.41, 5.74) is 0. The van der Waals surface area contributed by atoms with Gasteiger partial charge in [0.1, 0.15) is 0 Å². The topological polar surface area (TPSA) is 15.3 Å². The summed E-state index contributed by atoms with van der Waals surface area (Å²) < 4.78 is 0. The summed E-state index contributed by atoms with van der Waals surface area (Å²) in [6, 6.07) is 0.662. The maximum Gasteiger partial charge on any atom is 0.0237 e. The minimum absolute atomic E-state index is 0.662. The first kappa shape index (κ1) is 16.9. The van der Waals surface area contributed by atoms with E-state index in [4.69, 9.17) is 0 Å². The molecule has 0 aromatic carbocycles. The number of unbranched alkanes of at least 4 members (excludes halogenated alkanes) is 5. The van der Waals surface area contributed by atoms with E-state index in [9.17, 15) is 0 Å². The van der Waals surface area contributed by atoms with Crippen molar-refractivity contribution in [2.24, 2.45) is 5.92 Å². The number of nitrogens with zero attached hydrogens (tertiary/aromatic N) is 1. The minimum atomic E-state index is 0.662. The largest absolute Gasteiger partial charge is 0.315 e. The van der Waals surface area contributed by atoms with Crippen molar-refractivity contribution in [3.8, 4) is 0 Å². The van der Waals surface area contributed by atoms with Crippen molar-refractivity contribution < 1.29 is 0 Å². The molecule has 0 aliphatic carbocycles. The van der Waals surface area contributed by atoms with Gasteiger partial charge >= 0.3 is 0 Å². The molecule has 0 amide bonds. The molecule has 1 unspecified atom stereocenters. The summed E-state index contributed by atoms with van der Waals surface area (Å²) in [5, 5.41) is 3.60. The zero-order chi connectivity index (χ0) is 13.1. The second-order valence-electron chi connectivity index (χ2n) is 5.75. The van der Waals surface area contributed by atoms with E-state index in [0.29, 0.717) is 6.04 Å². The Bertz CT molecular complexity index is 147. The van der Waals surface area contributed by atoms with Crippen molar-refractivity contribution in [3.63, 3.8) is 0 Å². The Hall–Kier alpha value is -0.0800. The van der Waals surface area contributed by atoms with Crippen LogP contribution in [0.1, 0.15) is 59.3 Å². The van der Waals surface area contributed by atoms with Gasteiger partial charge in [-0.2, -0.15) is 0 Å². The predicted octanol–water partition coefficient (Wildman–Crippen LogP) is 3.52. The molecule has 0 aliphatic rings. The van der Waals surface area contributed by atoms with Crippen LogP contribution in [0.3, 0.4) is 0 Å². The van der Waals surface area contributed by atoms with Crippen LogP contribution in [0.15, 0.2) is 0 Å². The third-order valence-electron chi connectivity index (χ3n) is 3.49. The standard InChI is InChI=1S/C15H34N2/c1-6-7-8-9-10-11-12-16-13-15(14(2)3)17(4)5/h14-16H,6-13H2,1-5H3. The van der Waals surface area contributed by atoms with Crippen molar-refractivity contribution in [3.05, 3.63) is 0 Å². The van der Waals surface area contributed by atoms with Crippen molar-refractivity contribution in [2.45, 2.75) is 65.3 Å². The third-order valence-corrected chi connectivity index (χ3v) is 3.49. The van der Waals surface area contributed by atoms with Crippen molar-refractivity contribution >= 4 is 0 Å². The van der Waals surface area contributed by atoms with Gasteiger partial charge in [-0.1, -0.05) is 52.9 Å². The second-order valence-corrected chi connectivity index (χ2v) is 5.75. The summed E-state index contributed by atoms with van der Waals surface area (Å²) >= 11 is 0. The Balaban J connectivity index is 3.37. The lowest BCUT2D eigenvalue weighted by Gasteiger charge is -2.28. The highest BCUT2D eigenvalue weighted by Gasteiger charge is 2.14. The Labute approximate surface area is 109 Å². The van der Waals surface area contributed by atoms with Crippen LogP contribution in [0, 0.1) is 5.92 Å². The van der Waals surface area contributed by atoms with Crippen molar-refractivity contribution in [1.29, 1.82) is 0 Å². The number of hydrogen-bond donors (Lipinski definition) is 1. The Kier molecular flexibility index (Phi) is 11.0. The monoisotopic (exact) mass is 242 g/mol. The molecule has 0 fully saturated rings. The fraction of sp³-hybridized carbons (Fsp3) is 1.00. The molecule has 0 saturated heterocycles. The summed E-state index contributed by atoms with van der Waals surface area (Å²) in [5.74, 6) is 0.724. The Morgan fingerprint density at radius 3 is 2.06 bits per heavy atom. The molecule has 2 nitrogen and oxygen atoms in total. The average Bonchev–Trinajstić information content (AvgIpc) is 2.26. The van der Waals surface area contributed by atoms with Gasteiger partial charge in [-0.25, -0.2) is 0 Å². The van der Waals surface area contributed by atoms with Gasteiger partial charge in [0.2, 0.25) is 0 Å². The molecule has 0 bridgehead atoms. The summed E-state index contributed by atoms with van der Waals surface area (Å²) in [6.45, 7) is 9.19. The molecule has 0 rings (SSSR count). The molecule has 0 heterocycles. The molecule has 17 heavy (non-hydrogen) atoms. The zero-order valence-electron chi connectivity index (χ0n) is 12.8. The van der Waals surface area contributed by atoms with Crippen LogP contribution in [-0.2, 0) is 0 Å². The van der Waals surface area contributed by atoms with Crippen LogP contribution in [-0.4, -0.2) is 38.1 Å². The Morgan fingerprint density at radius 2 is 1.53 bits per heavy atom. The number of rotatable bonds is 11. The SMILES string of the molecule is CCCCCCCCNCC(C(C)C)N(C)C. The highest BCUT2D eigenvalue weighted by Crippen LogP contribution is 2.07. The molecule has 0 saturated carbocycles. The summed E-state index contributed by atoms with van der Waals surface area (Å²) in [7, 11) is 4.36. The van der Waals surface area contributed by atoms with Crippen LogP contribution >= 0.6 is 0 Å². The van der Waals surface area contributed by atoms with E-state index >= 15 is 0 Å². The van der Waals surface area contributed by atoms with E-state index in [1.807, 2.05) is 0 Å². The van der Waals surface area contributed by atoms with E-state index in [1.54, 1.807) is 0 Å². The lowest BCUT2D eigenvalue weighted by Crippen LogP contribution is -2.41. The molecular weight excluding hydrogens is 208 g/mol. The van der Waals surface area contributed by atoms with Gasteiger partial charge in [-0.3, -0.25) is 0 Å². The van der Waals surface area contributed by atoms with Crippen LogP contribution in [0.4, 0.5) is 0 Å². The van der Waals surface area contributed by atoms with Gasteiger partial charge in [0.05, 0.1) is 0 Å². The Morgan fingerprint density at radius 1 is 0.941 bits per heavy atom. The molecule has 0 aliphatic heterocycles. The smallest absolute Gasteiger partial charge is 0.0237 e. The molecule has 0 spiro atoms. The lowest BCUT2D eigenvalue weighted by molar-refractivity contribution is 0.224. The van der Waals surface area contributed by atoms with Gasteiger partial charge in [0.15, 0.2) is 0 Å². The minimum Gasteiger partial charge on any atom is -0.315 e. The van der Waals surface area contributed by atoms with E-state index in [-0.39, 0.29) is 0 Å². The first-order valence-electron chi connectivity index (χ1n) is 7.46. The van der Waals surface area contributed by atoms with Gasteiger partial charge < -0.3 is 10.2 Å². The molecular formula is C15H34N2. The highest BCUT2D eigenvalue weighted by molar-refractivity contribution is 4.72. The molecule has 0 radical (unpaired) electrons. The van der Waals surface area contributed by atoms with E-state index in [2.05, 4.69) is 45.1 Å².